The Balaban J connectivity index is 2.20. The number of hydrogen-bond donors (Lipinski definition) is 6. The van der Waals surface area contributed by atoms with Crippen LogP contribution in [-0.4, -0.2) is 61.4 Å². The lowest BCUT2D eigenvalue weighted by atomic mass is 10.1. The lowest BCUT2D eigenvalue weighted by Gasteiger charge is -2.20. The molecule has 0 fully saturated rings. The second-order valence-electron chi connectivity index (χ2n) is 4.55. The van der Waals surface area contributed by atoms with Crippen LogP contribution in [0.2, 0.25) is 0 Å². The number of aromatic hydroxyl groups is 3. The molecule has 10 heteroatoms. The maximum absolute atomic E-state index is 11.9. The fraction of sp³-hybridized carbons (Fsp3) is 0.231. The summed E-state index contributed by atoms with van der Waals surface area (Å²) < 4.78 is 9.36. The predicted molar refractivity (Wildman–Crippen MR) is 69.9 cm³/mol. The number of phenols is 3. The molecule has 124 valence electrons. The molecule has 0 bridgehead atoms. The topological polar surface area (TPSA) is 174 Å². The molecule has 0 spiro atoms. The monoisotopic (exact) mass is 328 g/mol. The van der Waals surface area contributed by atoms with Gasteiger partial charge < -0.3 is 40.1 Å². The maximum atomic E-state index is 11.9. The van der Waals surface area contributed by atoms with Gasteiger partial charge in [0.1, 0.15) is 0 Å². The maximum Gasteiger partial charge on any atom is 0.378 e. The molecule has 23 heavy (non-hydrogen) atoms. The van der Waals surface area contributed by atoms with Crippen LogP contribution in [0.5, 0.6) is 17.2 Å². The Morgan fingerprint density at radius 3 is 2.17 bits per heavy atom. The van der Waals surface area contributed by atoms with E-state index in [0.29, 0.717) is 0 Å². The van der Waals surface area contributed by atoms with Gasteiger partial charge in [-0.05, 0) is 12.1 Å². The third-order valence-corrected chi connectivity index (χ3v) is 3.02. The second-order valence-corrected chi connectivity index (χ2v) is 4.55. The van der Waals surface area contributed by atoms with Gasteiger partial charge in [0.2, 0.25) is 11.9 Å². The molecule has 1 aromatic carbocycles. The van der Waals surface area contributed by atoms with Crippen LogP contribution < -0.4 is 0 Å². The fourth-order valence-corrected chi connectivity index (χ4v) is 1.84. The van der Waals surface area contributed by atoms with Gasteiger partial charge in [0.05, 0.1) is 12.2 Å². The highest BCUT2D eigenvalue weighted by Gasteiger charge is 2.41. The molecule has 0 saturated heterocycles. The SMILES string of the molecule is O=C1O[C@H]([C@H](CO)OC(=O)c2cc(O)c(O)c(O)c2)C(O)=C1O. The Morgan fingerprint density at radius 2 is 1.74 bits per heavy atom. The standard InChI is InChI=1S/C13H12O10/c14-3-7(11-9(18)10(19)13(21)23-11)22-12(20)4-1-5(15)8(17)6(16)2-4/h1-2,7,11,14-19H,3H2/t7-,11+/m0/s1. The fourth-order valence-electron chi connectivity index (χ4n) is 1.84. The molecule has 10 nitrogen and oxygen atoms in total. The van der Waals surface area contributed by atoms with Crippen LogP contribution >= 0.6 is 0 Å². The zero-order valence-corrected chi connectivity index (χ0v) is 11.3. The molecule has 0 aromatic heterocycles. The highest BCUT2D eigenvalue weighted by atomic mass is 16.6. The predicted octanol–water partition coefficient (Wildman–Crippen LogP) is -0.426. The molecule has 0 radical (unpaired) electrons. The van der Waals surface area contributed by atoms with Gasteiger partial charge >= 0.3 is 11.9 Å². The van der Waals surface area contributed by atoms with Crippen molar-refractivity contribution in [1.82, 2.24) is 0 Å². The number of carbonyl (C=O) groups is 2. The Labute approximate surface area is 128 Å². The Morgan fingerprint density at radius 1 is 1.17 bits per heavy atom. The van der Waals surface area contributed by atoms with E-state index in [-0.39, 0.29) is 5.56 Å². The molecule has 0 amide bonds. The minimum Gasteiger partial charge on any atom is -0.505 e. The third-order valence-electron chi connectivity index (χ3n) is 3.02. The molecule has 1 aliphatic rings. The van der Waals surface area contributed by atoms with Crippen LogP contribution in [0, 0.1) is 0 Å². The van der Waals surface area contributed by atoms with Crippen molar-refractivity contribution in [2.24, 2.45) is 0 Å². The molecule has 0 saturated carbocycles. The average Bonchev–Trinajstić information content (AvgIpc) is 2.77. The normalized spacial score (nSPS) is 18.7. The van der Waals surface area contributed by atoms with Gasteiger partial charge in [0.25, 0.3) is 0 Å². The number of aliphatic hydroxyl groups excluding tert-OH is 3. The largest absolute Gasteiger partial charge is 0.505 e. The summed E-state index contributed by atoms with van der Waals surface area (Å²) in [7, 11) is 0. The van der Waals surface area contributed by atoms with Crippen LogP contribution in [0.1, 0.15) is 10.4 Å². The minimum atomic E-state index is -1.60. The Bertz CT molecular complexity index is 669. The van der Waals surface area contributed by atoms with Crippen molar-refractivity contribution in [2.45, 2.75) is 12.2 Å². The van der Waals surface area contributed by atoms with Crippen molar-refractivity contribution < 1.29 is 49.7 Å². The molecule has 1 heterocycles. The van der Waals surface area contributed by atoms with Crippen LogP contribution in [0.4, 0.5) is 0 Å². The van der Waals surface area contributed by atoms with E-state index in [9.17, 15) is 40.2 Å². The van der Waals surface area contributed by atoms with Crippen molar-refractivity contribution >= 4 is 11.9 Å². The molecular formula is C13H12O10. The summed E-state index contributed by atoms with van der Waals surface area (Å²) in [4.78, 5) is 23.0. The van der Waals surface area contributed by atoms with E-state index in [4.69, 9.17) is 4.74 Å². The van der Waals surface area contributed by atoms with Crippen LogP contribution in [0.25, 0.3) is 0 Å². The van der Waals surface area contributed by atoms with Crippen LogP contribution in [-0.2, 0) is 14.3 Å². The van der Waals surface area contributed by atoms with Crippen LogP contribution in [0.3, 0.4) is 0 Å². The number of ether oxygens (including phenoxy) is 2. The average molecular weight is 328 g/mol. The number of cyclic esters (lactones) is 1. The lowest BCUT2D eigenvalue weighted by Crippen LogP contribution is -2.36. The van der Waals surface area contributed by atoms with Gasteiger partial charge in [0.15, 0.2) is 29.1 Å². The number of hydrogen-bond acceptors (Lipinski definition) is 10. The zero-order valence-electron chi connectivity index (χ0n) is 11.3. The first-order valence-corrected chi connectivity index (χ1v) is 6.16. The van der Waals surface area contributed by atoms with Crippen LogP contribution in [0.15, 0.2) is 23.7 Å². The summed E-state index contributed by atoms with van der Waals surface area (Å²) in [6.45, 7) is -0.864. The first kappa shape index (κ1) is 16.2. The number of aliphatic hydroxyl groups is 3. The van der Waals surface area contributed by atoms with E-state index in [1.165, 1.54) is 0 Å². The summed E-state index contributed by atoms with van der Waals surface area (Å²) in [6.07, 6.45) is -3.15. The van der Waals surface area contributed by atoms with E-state index >= 15 is 0 Å². The number of phenolic OH excluding ortho intramolecular Hbond substituents is 3. The van der Waals surface area contributed by atoms with Crippen molar-refractivity contribution in [1.29, 1.82) is 0 Å². The van der Waals surface area contributed by atoms with Gasteiger partial charge in [0, 0.05) is 0 Å². The molecule has 2 rings (SSSR count). The summed E-state index contributed by atoms with van der Waals surface area (Å²) in [5.41, 5.74) is -0.381. The smallest absolute Gasteiger partial charge is 0.378 e. The van der Waals surface area contributed by atoms with Gasteiger partial charge in [-0.3, -0.25) is 0 Å². The molecule has 2 atom stereocenters. The van der Waals surface area contributed by atoms with E-state index in [1.807, 2.05) is 0 Å². The van der Waals surface area contributed by atoms with Crippen molar-refractivity contribution in [3.05, 3.63) is 29.2 Å². The highest BCUT2D eigenvalue weighted by molar-refractivity contribution is 5.91. The van der Waals surface area contributed by atoms with Gasteiger partial charge in [-0.2, -0.15) is 0 Å². The third kappa shape index (κ3) is 2.92. The Hall–Kier alpha value is -3.14. The minimum absolute atomic E-state index is 0.381. The molecular weight excluding hydrogens is 316 g/mol. The highest BCUT2D eigenvalue weighted by Crippen LogP contribution is 2.35. The number of carbonyl (C=O) groups excluding carboxylic acids is 2. The first-order chi connectivity index (χ1) is 10.8. The number of esters is 2. The van der Waals surface area contributed by atoms with E-state index < -0.39 is 59.5 Å². The van der Waals surface area contributed by atoms with Gasteiger partial charge in [-0.25, -0.2) is 9.59 Å². The van der Waals surface area contributed by atoms with E-state index in [2.05, 4.69) is 4.74 Å². The lowest BCUT2D eigenvalue weighted by molar-refractivity contribution is -0.148. The van der Waals surface area contributed by atoms with E-state index in [1.54, 1.807) is 0 Å². The van der Waals surface area contributed by atoms with Gasteiger partial charge in [-0.1, -0.05) is 0 Å². The summed E-state index contributed by atoms with van der Waals surface area (Å²) in [6, 6.07) is 1.58. The molecule has 0 unspecified atom stereocenters. The molecule has 0 aliphatic carbocycles. The molecule has 1 aromatic rings. The number of rotatable bonds is 4. The van der Waals surface area contributed by atoms with Crippen molar-refractivity contribution in [3.8, 4) is 17.2 Å². The van der Waals surface area contributed by atoms with Crippen molar-refractivity contribution in [2.75, 3.05) is 6.61 Å². The van der Waals surface area contributed by atoms with Crippen molar-refractivity contribution in [3.63, 3.8) is 0 Å². The van der Waals surface area contributed by atoms with Gasteiger partial charge in [-0.15, -0.1) is 0 Å². The zero-order chi connectivity index (χ0) is 17.3. The summed E-state index contributed by atoms with van der Waals surface area (Å²) in [5.74, 6) is -6.79. The first-order valence-electron chi connectivity index (χ1n) is 6.16. The molecule has 1 aliphatic heterocycles. The Kier molecular flexibility index (Phi) is 4.18. The number of benzene rings is 1. The summed E-state index contributed by atoms with van der Waals surface area (Å²) >= 11 is 0. The summed E-state index contributed by atoms with van der Waals surface area (Å²) in [5, 5.41) is 55.7. The molecule has 6 N–H and O–H groups in total. The van der Waals surface area contributed by atoms with E-state index in [0.717, 1.165) is 12.1 Å². The second kappa shape index (κ2) is 5.93. The quantitative estimate of drug-likeness (QED) is 0.314.